The molecule has 0 N–H and O–H groups in total. The molecule has 0 aromatic carbocycles. The van der Waals surface area contributed by atoms with Gasteiger partial charge < -0.3 is 0 Å². The third-order valence-electron chi connectivity index (χ3n) is 4.12. The van der Waals surface area contributed by atoms with Gasteiger partial charge in [0.15, 0.2) is 5.03 Å². The number of likely N-dealkylation sites (N-methyl/N-ethyl adjacent to an activating group) is 1. The van der Waals surface area contributed by atoms with Gasteiger partial charge in [0.05, 0.1) is 6.20 Å². The second kappa shape index (κ2) is 5.46. The van der Waals surface area contributed by atoms with Gasteiger partial charge in [0.2, 0.25) is 0 Å². The van der Waals surface area contributed by atoms with Crippen LogP contribution >= 0.6 is 0 Å². The van der Waals surface area contributed by atoms with Crippen molar-refractivity contribution in [1.82, 2.24) is 19.0 Å². The third kappa shape index (κ3) is 2.62. The summed E-state index contributed by atoms with van der Waals surface area (Å²) in [4.78, 5) is 2.31. The number of rotatable bonds is 4. The molecule has 114 valence electrons. The van der Waals surface area contributed by atoms with Crippen molar-refractivity contribution < 1.29 is 8.42 Å². The summed E-state index contributed by atoms with van der Waals surface area (Å²) >= 11 is 0. The van der Waals surface area contributed by atoms with E-state index in [1.54, 1.807) is 27.2 Å². The highest BCUT2D eigenvalue weighted by atomic mass is 32.2. The number of aryl methyl sites for hydroxylation is 2. The lowest BCUT2D eigenvalue weighted by Crippen LogP contribution is -2.40. The van der Waals surface area contributed by atoms with E-state index in [-0.39, 0.29) is 6.04 Å². The fourth-order valence-electron chi connectivity index (χ4n) is 2.77. The molecule has 0 saturated carbocycles. The molecule has 1 saturated heterocycles. The lowest BCUT2D eigenvalue weighted by atomic mass is 10.3. The fourth-order valence-corrected chi connectivity index (χ4v) is 4.45. The molecule has 1 unspecified atom stereocenters. The van der Waals surface area contributed by atoms with E-state index in [0.717, 1.165) is 19.5 Å². The molecule has 20 heavy (non-hydrogen) atoms. The topological polar surface area (TPSA) is 58.4 Å². The highest BCUT2D eigenvalue weighted by Crippen LogP contribution is 2.24. The average molecular weight is 300 g/mol. The average Bonchev–Trinajstić information content (AvgIpc) is 2.95. The molecular formula is C13H24N4O2S. The smallest absolute Gasteiger partial charge is 0.260 e. The Morgan fingerprint density at radius 2 is 2.10 bits per heavy atom. The van der Waals surface area contributed by atoms with Gasteiger partial charge in [0.25, 0.3) is 10.0 Å². The first kappa shape index (κ1) is 15.5. The second-order valence-corrected chi connectivity index (χ2v) is 7.72. The molecule has 1 aromatic rings. The zero-order chi connectivity index (χ0) is 15.1. The molecule has 0 radical (unpaired) electrons. The van der Waals surface area contributed by atoms with Crippen LogP contribution in [0.1, 0.15) is 25.8 Å². The number of likely N-dealkylation sites (tertiary alicyclic amines) is 1. The van der Waals surface area contributed by atoms with Crippen molar-refractivity contribution in [1.29, 1.82) is 0 Å². The van der Waals surface area contributed by atoms with Crippen molar-refractivity contribution in [3.63, 3.8) is 0 Å². The maximum Gasteiger partial charge on any atom is 0.260 e. The van der Waals surface area contributed by atoms with Gasteiger partial charge >= 0.3 is 0 Å². The molecule has 0 bridgehead atoms. The van der Waals surface area contributed by atoms with Crippen LogP contribution in [0.15, 0.2) is 11.2 Å². The van der Waals surface area contributed by atoms with Crippen molar-refractivity contribution in [3.8, 4) is 0 Å². The molecule has 6 nitrogen and oxygen atoms in total. The number of sulfonamides is 1. The van der Waals surface area contributed by atoms with Gasteiger partial charge in [-0.25, -0.2) is 8.42 Å². The van der Waals surface area contributed by atoms with Gasteiger partial charge in [0, 0.05) is 44.8 Å². The summed E-state index contributed by atoms with van der Waals surface area (Å²) in [7, 11) is -0.136. The second-order valence-electron chi connectivity index (χ2n) is 5.81. The molecule has 1 aliphatic heterocycles. The summed E-state index contributed by atoms with van der Waals surface area (Å²) in [6, 6.07) is 0.492. The summed E-state index contributed by atoms with van der Waals surface area (Å²) in [6.45, 7) is 7.81. The van der Waals surface area contributed by atoms with E-state index in [2.05, 4.69) is 23.8 Å². The summed E-state index contributed by atoms with van der Waals surface area (Å²) in [5.41, 5.74) is 0.693. The molecular weight excluding hydrogens is 276 g/mol. The van der Waals surface area contributed by atoms with Crippen molar-refractivity contribution in [2.75, 3.05) is 20.1 Å². The van der Waals surface area contributed by atoms with Crippen LogP contribution in [0.4, 0.5) is 0 Å². The van der Waals surface area contributed by atoms with Gasteiger partial charge in [-0.2, -0.15) is 9.40 Å². The molecule has 1 fully saturated rings. The number of hydrogen-bond acceptors (Lipinski definition) is 4. The van der Waals surface area contributed by atoms with Crippen molar-refractivity contribution >= 4 is 10.0 Å². The van der Waals surface area contributed by atoms with Crippen LogP contribution in [-0.4, -0.2) is 59.6 Å². The van der Waals surface area contributed by atoms with E-state index in [1.807, 2.05) is 0 Å². The van der Waals surface area contributed by atoms with E-state index in [9.17, 15) is 8.42 Å². The van der Waals surface area contributed by atoms with Crippen LogP contribution < -0.4 is 0 Å². The quantitative estimate of drug-likeness (QED) is 0.826. The molecule has 1 atom stereocenters. The number of hydrogen-bond donors (Lipinski definition) is 0. The highest BCUT2D eigenvalue weighted by Gasteiger charge is 2.35. The van der Waals surface area contributed by atoms with Gasteiger partial charge in [-0.3, -0.25) is 9.58 Å². The Bertz CT molecular complexity index is 560. The minimum Gasteiger partial charge on any atom is -0.299 e. The minimum absolute atomic E-state index is 0.0386. The molecule has 1 aromatic heterocycles. The Morgan fingerprint density at radius 1 is 1.45 bits per heavy atom. The van der Waals surface area contributed by atoms with E-state index >= 15 is 0 Å². The first-order valence-electron chi connectivity index (χ1n) is 6.95. The standard InChI is InChI=1S/C13H24N4O2S/c1-10(2)17-7-6-12(9-17)16(5)20(18,19)13-11(3)8-14-15(13)4/h8,10,12H,6-7,9H2,1-5H3. The first-order chi connectivity index (χ1) is 9.25. The first-order valence-corrected chi connectivity index (χ1v) is 8.40. The fraction of sp³-hybridized carbons (Fsp3) is 0.769. The summed E-state index contributed by atoms with van der Waals surface area (Å²) in [5.74, 6) is 0. The van der Waals surface area contributed by atoms with Crippen LogP contribution in [0, 0.1) is 6.92 Å². The van der Waals surface area contributed by atoms with E-state index in [0.29, 0.717) is 16.6 Å². The minimum atomic E-state index is -3.48. The van der Waals surface area contributed by atoms with Crippen molar-refractivity contribution in [2.24, 2.45) is 7.05 Å². The molecule has 2 heterocycles. The SMILES string of the molecule is Cc1cnn(C)c1S(=O)(=O)N(C)C1CCN(C(C)C)C1. The zero-order valence-corrected chi connectivity index (χ0v) is 13.7. The third-order valence-corrected chi connectivity index (χ3v) is 6.25. The Balaban J connectivity index is 2.23. The normalized spacial score (nSPS) is 21.2. The Labute approximate surface area is 121 Å². The Kier molecular flexibility index (Phi) is 4.22. The van der Waals surface area contributed by atoms with Crippen LogP contribution in [0.5, 0.6) is 0 Å². The van der Waals surface area contributed by atoms with Crippen LogP contribution in [0.3, 0.4) is 0 Å². The summed E-state index contributed by atoms with van der Waals surface area (Å²) in [5, 5.41) is 4.33. The van der Waals surface area contributed by atoms with Gasteiger partial charge in [0.1, 0.15) is 0 Å². The molecule has 0 spiro atoms. The number of nitrogens with zero attached hydrogens (tertiary/aromatic N) is 4. The van der Waals surface area contributed by atoms with E-state index < -0.39 is 10.0 Å². The lowest BCUT2D eigenvalue weighted by Gasteiger charge is -2.25. The lowest BCUT2D eigenvalue weighted by molar-refractivity contribution is 0.255. The molecule has 0 aliphatic carbocycles. The Hall–Kier alpha value is -0.920. The molecule has 2 rings (SSSR count). The summed E-state index contributed by atoms with van der Waals surface area (Å²) < 4.78 is 28.4. The molecule has 0 amide bonds. The molecule has 1 aliphatic rings. The van der Waals surface area contributed by atoms with Crippen LogP contribution in [0.2, 0.25) is 0 Å². The van der Waals surface area contributed by atoms with Gasteiger partial charge in [-0.05, 0) is 27.2 Å². The number of aromatic nitrogens is 2. The van der Waals surface area contributed by atoms with Crippen LogP contribution in [-0.2, 0) is 17.1 Å². The summed E-state index contributed by atoms with van der Waals surface area (Å²) in [6.07, 6.45) is 2.47. The van der Waals surface area contributed by atoms with Crippen molar-refractivity contribution in [3.05, 3.63) is 11.8 Å². The highest BCUT2D eigenvalue weighted by molar-refractivity contribution is 7.89. The van der Waals surface area contributed by atoms with E-state index in [4.69, 9.17) is 0 Å². The van der Waals surface area contributed by atoms with Gasteiger partial charge in [-0.1, -0.05) is 0 Å². The predicted molar refractivity (Wildman–Crippen MR) is 78.0 cm³/mol. The monoisotopic (exact) mass is 300 g/mol. The van der Waals surface area contributed by atoms with Gasteiger partial charge in [-0.15, -0.1) is 0 Å². The predicted octanol–water partition coefficient (Wildman–Crippen LogP) is 0.832. The largest absolute Gasteiger partial charge is 0.299 e. The Morgan fingerprint density at radius 3 is 2.55 bits per heavy atom. The maximum atomic E-state index is 12.7. The van der Waals surface area contributed by atoms with E-state index in [1.165, 1.54) is 8.99 Å². The van der Waals surface area contributed by atoms with Crippen molar-refractivity contribution in [2.45, 2.75) is 44.3 Å². The molecule has 7 heteroatoms. The zero-order valence-electron chi connectivity index (χ0n) is 12.9. The van der Waals surface area contributed by atoms with Crippen LogP contribution in [0.25, 0.3) is 0 Å². The maximum absolute atomic E-state index is 12.7.